The number of benzene rings is 2. The van der Waals surface area contributed by atoms with Crippen molar-refractivity contribution in [2.24, 2.45) is 4.99 Å². The maximum atomic E-state index is 13.6. The molecule has 1 aliphatic rings. The fourth-order valence-electron chi connectivity index (χ4n) is 4.14. The molecule has 37 heavy (non-hydrogen) atoms. The highest BCUT2D eigenvalue weighted by Gasteiger charge is 2.33. The van der Waals surface area contributed by atoms with E-state index in [1.165, 1.54) is 23.8 Å². The molecule has 2 aromatic heterocycles. The third-order valence-corrected chi connectivity index (χ3v) is 7.09. The van der Waals surface area contributed by atoms with Crippen LogP contribution in [0.3, 0.4) is 0 Å². The summed E-state index contributed by atoms with van der Waals surface area (Å²) in [6, 6.07) is 15.6. The summed E-state index contributed by atoms with van der Waals surface area (Å²) >= 11 is 7.23. The van der Waals surface area contributed by atoms with Gasteiger partial charge in [0.05, 0.1) is 33.9 Å². The molecule has 0 N–H and O–H groups in total. The Hall–Kier alpha value is -4.28. The summed E-state index contributed by atoms with van der Waals surface area (Å²) in [6.45, 7) is 1.70. The molecule has 186 valence electrons. The van der Waals surface area contributed by atoms with Crippen LogP contribution in [-0.2, 0) is 9.53 Å². The van der Waals surface area contributed by atoms with Crippen LogP contribution in [0.15, 0.2) is 86.1 Å². The molecule has 4 aromatic rings. The number of allylic oxidation sites excluding steroid dienone is 1. The minimum atomic E-state index is -0.750. The molecule has 1 atom stereocenters. The molecule has 11 heteroatoms. The van der Waals surface area contributed by atoms with Gasteiger partial charge in [0.1, 0.15) is 11.5 Å². The van der Waals surface area contributed by atoms with Crippen molar-refractivity contribution in [1.29, 1.82) is 0 Å². The number of carbonyl (C=O) groups excluding carboxylic acids is 1. The van der Waals surface area contributed by atoms with E-state index >= 15 is 0 Å². The van der Waals surface area contributed by atoms with Gasteiger partial charge < -0.3 is 9.15 Å². The lowest BCUT2D eigenvalue weighted by atomic mass is 9.96. The topological polar surface area (TPSA) is 117 Å². The van der Waals surface area contributed by atoms with Crippen LogP contribution < -0.4 is 14.9 Å². The van der Waals surface area contributed by atoms with Crippen LogP contribution in [0.5, 0.6) is 0 Å². The number of nitrogens with zero attached hydrogens (tertiary/aromatic N) is 3. The van der Waals surface area contributed by atoms with Crippen LogP contribution in [0.4, 0.5) is 5.69 Å². The number of ether oxygens (including phenoxy) is 1. The van der Waals surface area contributed by atoms with Crippen LogP contribution in [0, 0.1) is 10.1 Å². The predicted octanol–water partition coefficient (Wildman–Crippen LogP) is 4.23. The summed E-state index contributed by atoms with van der Waals surface area (Å²) < 4.78 is 12.7. The molecule has 0 saturated heterocycles. The third kappa shape index (κ3) is 4.52. The Balaban J connectivity index is 1.62. The first-order valence-electron chi connectivity index (χ1n) is 11.0. The zero-order valence-electron chi connectivity index (χ0n) is 19.5. The van der Waals surface area contributed by atoms with E-state index in [0.717, 1.165) is 11.3 Å². The molecule has 0 unspecified atom stereocenters. The molecular formula is C26H18ClN3O6S. The van der Waals surface area contributed by atoms with Crippen molar-refractivity contribution in [1.82, 2.24) is 4.57 Å². The number of carbonyl (C=O) groups is 1. The van der Waals surface area contributed by atoms with Crippen molar-refractivity contribution < 1.29 is 18.9 Å². The molecule has 0 amide bonds. The van der Waals surface area contributed by atoms with E-state index in [1.807, 2.05) is 0 Å². The highest BCUT2D eigenvalue weighted by Crippen LogP contribution is 2.31. The molecule has 0 bridgehead atoms. The number of furan rings is 1. The highest BCUT2D eigenvalue weighted by atomic mass is 35.5. The van der Waals surface area contributed by atoms with Gasteiger partial charge in [-0.1, -0.05) is 47.2 Å². The van der Waals surface area contributed by atoms with Crippen LogP contribution in [0.1, 0.15) is 24.3 Å². The predicted molar refractivity (Wildman–Crippen MR) is 138 cm³/mol. The summed E-state index contributed by atoms with van der Waals surface area (Å²) in [6.07, 6.45) is 1.58. The van der Waals surface area contributed by atoms with Crippen LogP contribution in [0.2, 0.25) is 5.02 Å². The second-order valence-corrected chi connectivity index (χ2v) is 9.58. The van der Waals surface area contributed by atoms with E-state index in [-0.39, 0.29) is 16.8 Å². The monoisotopic (exact) mass is 535 g/mol. The van der Waals surface area contributed by atoms with Gasteiger partial charge in [-0.2, -0.15) is 0 Å². The average Bonchev–Trinajstić information content (AvgIpc) is 3.48. The molecular weight excluding hydrogens is 518 g/mol. The fourth-order valence-corrected chi connectivity index (χ4v) is 5.29. The van der Waals surface area contributed by atoms with E-state index < -0.39 is 16.9 Å². The van der Waals surface area contributed by atoms with E-state index in [2.05, 4.69) is 4.99 Å². The van der Waals surface area contributed by atoms with Gasteiger partial charge in [0.2, 0.25) is 0 Å². The van der Waals surface area contributed by atoms with Crippen molar-refractivity contribution in [3.63, 3.8) is 0 Å². The molecule has 0 aliphatic carbocycles. The van der Waals surface area contributed by atoms with Gasteiger partial charge in [-0.05, 0) is 36.8 Å². The van der Waals surface area contributed by atoms with Crippen LogP contribution >= 0.6 is 22.9 Å². The quantitative estimate of drug-likeness (QED) is 0.214. The fraction of sp³-hybridized carbons (Fsp3) is 0.115. The number of rotatable bonds is 5. The zero-order valence-corrected chi connectivity index (χ0v) is 21.1. The Morgan fingerprint density at radius 3 is 2.68 bits per heavy atom. The highest BCUT2D eigenvalue weighted by molar-refractivity contribution is 7.07. The van der Waals surface area contributed by atoms with Gasteiger partial charge in [-0.25, -0.2) is 9.79 Å². The largest absolute Gasteiger partial charge is 0.466 e. The summed E-state index contributed by atoms with van der Waals surface area (Å²) in [5, 5.41) is 11.6. The van der Waals surface area contributed by atoms with Crippen LogP contribution in [0.25, 0.3) is 17.4 Å². The molecule has 0 fully saturated rings. The van der Waals surface area contributed by atoms with Gasteiger partial charge in [0.25, 0.3) is 11.2 Å². The van der Waals surface area contributed by atoms with E-state index in [1.54, 1.807) is 61.5 Å². The minimum absolute atomic E-state index is 0.0530. The van der Waals surface area contributed by atoms with Gasteiger partial charge in [-0.15, -0.1) is 0 Å². The molecule has 3 heterocycles. The van der Waals surface area contributed by atoms with Crippen LogP contribution in [-0.4, -0.2) is 22.6 Å². The number of fused-ring (bicyclic) bond motifs is 1. The summed E-state index contributed by atoms with van der Waals surface area (Å²) in [7, 11) is 1.28. The first-order chi connectivity index (χ1) is 17.8. The number of methoxy groups -OCH3 is 1. The van der Waals surface area contributed by atoms with Crippen molar-refractivity contribution in [3.05, 3.63) is 118 Å². The Morgan fingerprint density at radius 2 is 1.97 bits per heavy atom. The Bertz CT molecular complexity index is 1760. The van der Waals surface area contributed by atoms with Gasteiger partial charge >= 0.3 is 5.97 Å². The number of esters is 1. The smallest absolute Gasteiger partial charge is 0.338 e. The van der Waals surface area contributed by atoms with Gasteiger partial charge in [-0.3, -0.25) is 19.5 Å². The molecule has 9 nitrogen and oxygen atoms in total. The van der Waals surface area contributed by atoms with Crippen molar-refractivity contribution in [2.45, 2.75) is 13.0 Å². The normalized spacial score (nSPS) is 15.3. The molecule has 1 aliphatic heterocycles. The van der Waals surface area contributed by atoms with Crippen molar-refractivity contribution in [2.75, 3.05) is 7.11 Å². The number of nitro groups is 1. The number of aromatic nitrogens is 1. The number of hydrogen-bond acceptors (Lipinski definition) is 8. The Labute approximate surface area is 218 Å². The number of thiazole rings is 1. The third-order valence-electron chi connectivity index (χ3n) is 5.85. The second-order valence-electron chi connectivity index (χ2n) is 8.13. The SMILES string of the molecule is COC(=O)C1=C(C)N=c2s/c(=C\c3ccc(-c4cccc([N+](=O)[O-])c4)o3)c(=O)n2[C@H]1c1ccc(Cl)cc1. The van der Waals surface area contributed by atoms with Crippen molar-refractivity contribution >= 4 is 40.7 Å². The standard InChI is InChI=1S/C26H18ClN3O6S/c1-14-22(25(32)35-2)23(15-6-8-17(27)9-7-15)29-24(31)21(37-26(29)28-14)13-19-10-11-20(36-19)16-4-3-5-18(12-16)30(33)34/h3-13,23H,1-2H3/b21-13-/t23-/m0/s1. The van der Waals surface area contributed by atoms with E-state index in [9.17, 15) is 19.7 Å². The zero-order chi connectivity index (χ0) is 26.3. The Morgan fingerprint density at radius 1 is 1.22 bits per heavy atom. The second kappa shape index (κ2) is 9.64. The molecule has 2 aromatic carbocycles. The Kier molecular flexibility index (Phi) is 6.36. The summed E-state index contributed by atoms with van der Waals surface area (Å²) in [4.78, 5) is 41.9. The lowest BCUT2D eigenvalue weighted by molar-refractivity contribution is -0.384. The summed E-state index contributed by atoms with van der Waals surface area (Å²) in [5.41, 5.74) is 1.52. The number of non-ortho nitro benzene ring substituents is 1. The lowest BCUT2D eigenvalue weighted by Gasteiger charge is -2.24. The lowest BCUT2D eigenvalue weighted by Crippen LogP contribution is -2.39. The first-order valence-corrected chi connectivity index (χ1v) is 12.2. The molecule has 0 spiro atoms. The molecule has 5 rings (SSSR count). The summed E-state index contributed by atoms with van der Waals surface area (Å²) in [5.74, 6) is 0.229. The van der Waals surface area contributed by atoms with Crippen molar-refractivity contribution in [3.8, 4) is 11.3 Å². The van der Waals surface area contributed by atoms with E-state index in [0.29, 0.717) is 42.7 Å². The first kappa shape index (κ1) is 24.4. The average molecular weight is 536 g/mol. The maximum absolute atomic E-state index is 13.6. The minimum Gasteiger partial charge on any atom is -0.466 e. The van der Waals surface area contributed by atoms with Gasteiger partial charge in [0.15, 0.2) is 4.80 Å². The van der Waals surface area contributed by atoms with Gasteiger partial charge in [0, 0.05) is 28.8 Å². The number of hydrogen-bond donors (Lipinski definition) is 0. The maximum Gasteiger partial charge on any atom is 0.338 e. The number of halogens is 1. The molecule has 0 radical (unpaired) electrons. The number of nitro benzene ring substituents is 1. The molecule has 0 saturated carbocycles. The van der Waals surface area contributed by atoms with E-state index in [4.69, 9.17) is 20.8 Å².